The molecular formula is C19H27N5O2S. The minimum absolute atomic E-state index is 0.0311. The van der Waals surface area contributed by atoms with Gasteiger partial charge in [-0.25, -0.2) is 15.0 Å². The Labute approximate surface area is 163 Å². The van der Waals surface area contributed by atoms with Crippen LogP contribution in [-0.4, -0.2) is 51.7 Å². The lowest BCUT2D eigenvalue weighted by Crippen LogP contribution is -2.45. The second-order valence-corrected chi connectivity index (χ2v) is 9.02. The third-order valence-corrected chi connectivity index (χ3v) is 5.32. The number of likely N-dealkylation sites (N-methyl/N-ethyl adjacent to an activating group) is 1. The highest BCUT2D eigenvalue weighted by molar-refractivity contribution is 7.14. The molecule has 0 radical (unpaired) electrons. The Kier molecular flexibility index (Phi) is 5.76. The minimum atomic E-state index is -0.263. The standard InChI is InChI=1S/C19H27N5O2S/c1-19(2,3)23-15(26)11-24(4)17-13-6-5-7-14(13)21-16(22-17)18-20-10-12(27-18)8-9-25/h10,25H,5-9,11H2,1-4H3,(H,23,26). The zero-order valence-corrected chi connectivity index (χ0v) is 17.2. The van der Waals surface area contributed by atoms with Gasteiger partial charge in [0.1, 0.15) is 5.82 Å². The van der Waals surface area contributed by atoms with Crippen molar-refractivity contribution in [3.63, 3.8) is 0 Å². The van der Waals surface area contributed by atoms with Crippen molar-refractivity contribution in [1.82, 2.24) is 20.3 Å². The maximum atomic E-state index is 12.3. The Balaban J connectivity index is 1.88. The van der Waals surface area contributed by atoms with E-state index in [1.54, 1.807) is 6.20 Å². The Bertz CT molecular complexity index is 828. The van der Waals surface area contributed by atoms with Gasteiger partial charge >= 0.3 is 0 Å². The number of amides is 1. The number of fused-ring (bicyclic) bond motifs is 1. The molecule has 8 heteroatoms. The smallest absolute Gasteiger partial charge is 0.239 e. The van der Waals surface area contributed by atoms with Crippen LogP contribution in [0.1, 0.15) is 43.3 Å². The summed E-state index contributed by atoms with van der Waals surface area (Å²) in [4.78, 5) is 29.2. The van der Waals surface area contributed by atoms with Gasteiger partial charge in [0.2, 0.25) is 5.91 Å². The third-order valence-electron chi connectivity index (χ3n) is 4.27. The summed E-state index contributed by atoms with van der Waals surface area (Å²) < 4.78 is 0. The first-order valence-electron chi connectivity index (χ1n) is 9.24. The fourth-order valence-corrected chi connectivity index (χ4v) is 4.04. The second kappa shape index (κ2) is 7.90. The van der Waals surface area contributed by atoms with E-state index in [4.69, 9.17) is 15.1 Å². The number of aliphatic hydroxyl groups is 1. The van der Waals surface area contributed by atoms with Crippen molar-refractivity contribution >= 4 is 23.1 Å². The molecule has 0 fully saturated rings. The van der Waals surface area contributed by atoms with Crippen LogP contribution in [0, 0.1) is 0 Å². The summed E-state index contributed by atoms with van der Waals surface area (Å²) in [6.07, 6.45) is 5.27. The topological polar surface area (TPSA) is 91.2 Å². The summed E-state index contributed by atoms with van der Waals surface area (Å²) in [5.74, 6) is 1.38. The molecule has 0 spiro atoms. The monoisotopic (exact) mass is 389 g/mol. The predicted octanol–water partition coefficient (Wildman–Crippen LogP) is 1.97. The zero-order chi connectivity index (χ0) is 19.6. The molecule has 27 heavy (non-hydrogen) atoms. The molecule has 2 heterocycles. The number of thiazole rings is 1. The van der Waals surface area contributed by atoms with E-state index in [-0.39, 0.29) is 24.6 Å². The Morgan fingerprint density at radius 3 is 2.81 bits per heavy atom. The molecule has 1 aliphatic carbocycles. The van der Waals surface area contributed by atoms with Crippen LogP contribution in [0.4, 0.5) is 5.82 Å². The molecular weight excluding hydrogens is 362 g/mol. The number of aromatic nitrogens is 3. The average Bonchev–Trinajstić information content (AvgIpc) is 3.20. The molecule has 0 aliphatic heterocycles. The van der Waals surface area contributed by atoms with Crippen LogP contribution in [0.3, 0.4) is 0 Å². The van der Waals surface area contributed by atoms with Gasteiger partial charge in [0, 0.05) is 47.9 Å². The molecule has 0 saturated heterocycles. The second-order valence-electron chi connectivity index (χ2n) is 7.91. The van der Waals surface area contributed by atoms with Crippen LogP contribution < -0.4 is 10.2 Å². The predicted molar refractivity (Wildman–Crippen MR) is 107 cm³/mol. The van der Waals surface area contributed by atoms with Crippen LogP contribution in [-0.2, 0) is 24.1 Å². The number of aliphatic hydroxyl groups excluding tert-OH is 1. The van der Waals surface area contributed by atoms with Crippen molar-refractivity contribution in [2.24, 2.45) is 0 Å². The number of nitrogens with one attached hydrogen (secondary N) is 1. The first-order chi connectivity index (χ1) is 12.8. The maximum absolute atomic E-state index is 12.3. The number of carbonyl (C=O) groups is 1. The summed E-state index contributed by atoms with van der Waals surface area (Å²) in [6, 6.07) is 0. The third kappa shape index (κ3) is 4.81. The highest BCUT2D eigenvalue weighted by Gasteiger charge is 2.24. The minimum Gasteiger partial charge on any atom is -0.396 e. The Morgan fingerprint density at radius 2 is 2.11 bits per heavy atom. The van der Waals surface area contributed by atoms with Crippen LogP contribution in [0.2, 0.25) is 0 Å². The summed E-state index contributed by atoms with van der Waals surface area (Å²) >= 11 is 1.50. The van der Waals surface area contributed by atoms with Gasteiger partial charge in [-0.3, -0.25) is 4.79 Å². The molecule has 2 N–H and O–H groups in total. The van der Waals surface area contributed by atoms with Crippen LogP contribution in [0.15, 0.2) is 6.20 Å². The lowest BCUT2D eigenvalue weighted by molar-refractivity contribution is -0.121. The quantitative estimate of drug-likeness (QED) is 0.785. The van der Waals surface area contributed by atoms with Crippen molar-refractivity contribution < 1.29 is 9.90 Å². The first-order valence-corrected chi connectivity index (χ1v) is 10.1. The average molecular weight is 390 g/mol. The van der Waals surface area contributed by atoms with Gasteiger partial charge in [0.05, 0.1) is 6.54 Å². The lowest BCUT2D eigenvalue weighted by Gasteiger charge is -2.25. The van der Waals surface area contributed by atoms with Crippen molar-refractivity contribution in [3.8, 4) is 10.8 Å². The number of hydrogen-bond donors (Lipinski definition) is 2. The number of hydrogen-bond acceptors (Lipinski definition) is 7. The molecule has 0 atom stereocenters. The molecule has 0 bridgehead atoms. The summed E-state index contributed by atoms with van der Waals surface area (Å²) in [5, 5.41) is 12.9. The van der Waals surface area contributed by atoms with Crippen molar-refractivity contribution in [1.29, 1.82) is 0 Å². The highest BCUT2D eigenvalue weighted by atomic mass is 32.1. The number of rotatable bonds is 6. The Hall–Kier alpha value is -2.06. The van der Waals surface area contributed by atoms with E-state index in [0.29, 0.717) is 12.2 Å². The van der Waals surface area contributed by atoms with E-state index < -0.39 is 0 Å². The Morgan fingerprint density at radius 1 is 1.33 bits per heavy atom. The molecule has 1 aliphatic rings. The summed E-state index contributed by atoms with van der Waals surface area (Å²) in [5.41, 5.74) is 1.93. The van der Waals surface area contributed by atoms with Gasteiger partial charge in [-0.1, -0.05) is 0 Å². The van der Waals surface area contributed by atoms with Crippen molar-refractivity contribution in [2.75, 3.05) is 25.1 Å². The maximum Gasteiger partial charge on any atom is 0.239 e. The molecule has 146 valence electrons. The fourth-order valence-electron chi connectivity index (χ4n) is 3.21. The number of nitrogens with zero attached hydrogens (tertiary/aromatic N) is 4. The van der Waals surface area contributed by atoms with Crippen LogP contribution >= 0.6 is 11.3 Å². The molecule has 0 unspecified atom stereocenters. The molecule has 0 aromatic carbocycles. The lowest BCUT2D eigenvalue weighted by atomic mass is 10.1. The van der Waals surface area contributed by atoms with Gasteiger partial charge in [0.25, 0.3) is 0 Å². The number of carbonyl (C=O) groups excluding carboxylic acids is 1. The first kappa shape index (κ1) is 19.7. The van der Waals surface area contributed by atoms with Crippen molar-refractivity contribution in [3.05, 3.63) is 22.3 Å². The summed E-state index contributed by atoms with van der Waals surface area (Å²) in [6.45, 7) is 6.25. The molecule has 0 saturated carbocycles. The SMILES string of the molecule is CN(CC(=O)NC(C)(C)C)c1nc(-c2ncc(CCO)s2)nc2c1CCC2. The van der Waals surface area contributed by atoms with Crippen molar-refractivity contribution in [2.45, 2.75) is 52.0 Å². The van der Waals surface area contributed by atoms with Gasteiger partial charge in [-0.05, 0) is 40.0 Å². The highest BCUT2D eigenvalue weighted by Crippen LogP contribution is 2.32. The molecule has 2 aromatic rings. The van der Waals surface area contributed by atoms with E-state index in [1.165, 1.54) is 11.3 Å². The largest absolute Gasteiger partial charge is 0.396 e. The van der Waals surface area contributed by atoms with Gasteiger partial charge in [0.15, 0.2) is 10.8 Å². The van der Waals surface area contributed by atoms with E-state index in [1.807, 2.05) is 32.7 Å². The summed E-state index contributed by atoms with van der Waals surface area (Å²) in [7, 11) is 1.89. The van der Waals surface area contributed by atoms with Crippen LogP contribution in [0.25, 0.3) is 10.8 Å². The molecule has 1 amide bonds. The number of anilines is 1. The van der Waals surface area contributed by atoms with E-state index in [0.717, 1.165) is 46.2 Å². The van der Waals surface area contributed by atoms with Crippen LogP contribution in [0.5, 0.6) is 0 Å². The zero-order valence-electron chi connectivity index (χ0n) is 16.4. The molecule has 2 aromatic heterocycles. The normalized spacial score (nSPS) is 13.5. The van der Waals surface area contributed by atoms with E-state index in [2.05, 4.69) is 10.3 Å². The van der Waals surface area contributed by atoms with Gasteiger partial charge < -0.3 is 15.3 Å². The van der Waals surface area contributed by atoms with Gasteiger partial charge in [-0.2, -0.15) is 0 Å². The van der Waals surface area contributed by atoms with E-state index >= 15 is 0 Å². The number of aryl methyl sites for hydroxylation is 1. The fraction of sp³-hybridized carbons (Fsp3) is 0.579. The molecule has 7 nitrogen and oxygen atoms in total. The van der Waals surface area contributed by atoms with E-state index in [9.17, 15) is 4.79 Å². The molecule has 3 rings (SSSR count). The van der Waals surface area contributed by atoms with Gasteiger partial charge in [-0.15, -0.1) is 11.3 Å².